The van der Waals surface area contributed by atoms with Crippen LogP contribution in [0.5, 0.6) is 0 Å². The molecule has 0 aliphatic carbocycles. The number of para-hydroxylation sites is 1. The standard InChI is InChI=1S/C12H15N3/c1-15-7-6-11(9-15)14-12-5-3-2-4-10(12)8-13/h2-5,11,14H,6-7,9H2,1H3. The number of hydrogen-bond acceptors (Lipinski definition) is 3. The zero-order chi connectivity index (χ0) is 10.7. The molecule has 3 nitrogen and oxygen atoms in total. The van der Waals surface area contributed by atoms with Gasteiger partial charge in [-0.1, -0.05) is 12.1 Å². The molecule has 1 heterocycles. The number of rotatable bonds is 2. The van der Waals surface area contributed by atoms with E-state index in [1.807, 2.05) is 24.3 Å². The van der Waals surface area contributed by atoms with Crippen molar-refractivity contribution in [1.29, 1.82) is 5.26 Å². The Balaban J connectivity index is 2.08. The molecular weight excluding hydrogens is 186 g/mol. The molecule has 1 atom stereocenters. The van der Waals surface area contributed by atoms with Gasteiger partial charge in [0.1, 0.15) is 6.07 Å². The summed E-state index contributed by atoms with van der Waals surface area (Å²) in [7, 11) is 2.12. The van der Waals surface area contributed by atoms with Gasteiger partial charge in [0.25, 0.3) is 0 Å². The van der Waals surface area contributed by atoms with Gasteiger partial charge < -0.3 is 10.2 Å². The summed E-state index contributed by atoms with van der Waals surface area (Å²) < 4.78 is 0. The lowest BCUT2D eigenvalue weighted by Gasteiger charge is -2.15. The van der Waals surface area contributed by atoms with Crippen LogP contribution in [0.25, 0.3) is 0 Å². The van der Waals surface area contributed by atoms with Crippen molar-refractivity contribution < 1.29 is 0 Å². The highest BCUT2D eigenvalue weighted by Gasteiger charge is 2.19. The van der Waals surface area contributed by atoms with Crippen LogP contribution in [0, 0.1) is 11.3 Å². The lowest BCUT2D eigenvalue weighted by Crippen LogP contribution is -2.23. The van der Waals surface area contributed by atoms with Gasteiger partial charge in [-0.05, 0) is 32.1 Å². The topological polar surface area (TPSA) is 39.1 Å². The number of nitriles is 1. The van der Waals surface area contributed by atoms with Crippen molar-refractivity contribution in [3.05, 3.63) is 29.8 Å². The summed E-state index contributed by atoms with van der Waals surface area (Å²) in [5.74, 6) is 0. The molecule has 1 aromatic carbocycles. The van der Waals surface area contributed by atoms with Crippen molar-refractivity contribution in [2.24, 2.45) is 0 Å². The van der Waals surface area contributed by atoms with E-state index in [1.54, 1.807) is 0 Å². The molecule has 1 saturated heterocycles. The van der Waals surface area contributed by atoms with Gasteiger partial charge in [0, 0.05) is 12.6 Å². The fraction of sp³-hybridized carbons (Fsp3) is 0.417. The smallest absolute Gasteiger partial charge is 0.101 e. The van der Waals surface area contributed by atoms with Crippen molar-refractivity contribution >= 4 is 5.69 Å². The van der Waals surface area contributed by atoms with E-state index in [-0.39, 0.29) is 0 Å². The van der Waals surface area contributed by atoms with Crippen molar-refractivity contribution in [1.82, 2.24) is 4.90 Å². The minimum absolute atomic E-state index is 0.476. The number of nitrogens with zero attached hydrogens (tertiary/aromatic N) is 2. The highest BCUT2D eigenvalue weighted by atomic mass is 15.2. The van der Waals surface area contributed by atoms with Crippen LogP contribution in [0.2, 0.25) is 0 Å². The Morgan fingerprint density at radius 1 is 1.47 bits per heavy atom. The third kappa shape index (κ3) is 2.28. The minimum Gasteiger partial charge on any atom is -0.380 e. The van der Waals surface area contributed by atoms with Gasteiger partial charge in [-0.25, -0.2) is 0 Å². The first-order valence-electron chi connectivity index (χ1n) is 5.24. The Labute approximate surface area is 90.3 Å². The first-order valence-corrected chi connectivity index (χ1v) is 5.24. The largest absolute Gasteiger partial charge is 0.380 e. The highest BCUT2D eigenvalue weighted by molar-refractivity contribution is 5.57. The lowest BCUT2D eigenvalue weighted by molar-refractivity contribution is 0.414. The van der Waals surface area contributed by atoms with E-state index in [4.69, 9.17) is 5.26 Å². The van der Waals surface area contributed by atoms with Gasteiger partial charge in [-0.3, -0.25) is 0 Å². The molecule has 15 heavy (non-hydrogen) atoms. The van der Waals surface area contributed by atoms with Gasteiger partial charge in [-0.15, -0.1) is 0 Å². The number of nitrogens with one attached hydrogen (secondary N) is 1. The van der Waals surface area contributed by atoms with E-state index in [0.29, 0.717) is 6.04 Å². The van der Waals surface area contributed by atoms with E-state index in [0.717, 1.165) is 30.8 Å². The van der Waals surface area contributed by atoms with Gasteiger partial charge in [-0.2, -0.15) is 5.26 Å². The maximum absolute atomic E-state index is 8.94. The first-order chi connectivity index (χ1) is 7.29. The molecule has 0 amide bonds. The van der Waals surface area contributed by atoms with Crippen molar-refractivity contribution in [2.75, 3.05) is 25.5 Å². The van der Waals surface area contributed by atoms with E-state index in [2.05, 4.69) is 23.3 Å². The first kappa shape index (κ1) is 10.0. The Hall–Kier alpha value is -1.53. The summed E-state index contributed by atoms with van der Waals surface area (Å²) in [4.78, 5) is 2.30. The van der Waals surface area contributed by atoms with Crippen LogP contribution in [0.1, 0.15) is 12.0 Å². The Morgan fingerprint density at radius 3 is 2.93 bits per heavy atom. The van der Waals surface area contributed by atoms with E-state index in [1.165, 1.54) is 0 Å². The van der Waals surface area contributed by atoms with E-state index in [9.17, 15) is 0 Å². The highest BCUT2D eigenvalue weighted by Crippen LogP contribution is 2.18. The Kier molecular flexibility index (Phi) is 2.89. The second kappa shape index (κ2) is 4.33. The van der Waals surface area contributed by atoms with Gasteiger partial charge in [0.2, 0.25) is 0 Å². The predicted octanol–water partition coefficient (Wildman–Crippen LogP) is 1.67. The van der Waals surface area contributed by atoms with Crippen LogP contribution in [0.4, 0.5) is 5.69 Å². The molecule has 1 N–H and O–H groups in total. The fourth-order valence-electron chi connectivity index (χ4n) is 1.98. The van der Waals surface area contributed by atoms with Crippen LogP contribution < -0.4 is 5.32 Å². The molecule has 0 radical (unpaired) electrons. The number of hydrogen-bond donors (Lipinski definition) is 1. The summed E-state index contributed by atoms with van der Waals surface area (Å²) >= 11 is 0. The summed E-state index contributed by atoms with van der Waals surface area (Å²) in [5, 5.41) is 12.4. The van der Waals surface area contributed by atoms with Crippen molar-refractivity contribution in [2.45, 2.75) is 12.5 Å². The molecule has 1 aromatic rings. The normalized spacial score (nSPS) is 21.2. The van der Waals surface area contributed by atoms with Crippen LogP contribution in [0.3, 0.4) is 0 Å². The summed E-state index contributed by atoms with van der Waals surface area (Å²) in [6.45, 7) is 2.19. The van der Waals surface area contributed by atoms with E-state index >= 15 is 0 Å². The monoisotopic (exact) mass is 201 g/mol. The summed E-state index contributed by atoms with van der Waals surface area (Å²) in [6, 6.07) is 10.4. The third-order valence-electron chi connectivity index (χ3n) is 2.80. The second-order valence-corrected chi connectivity index (χ2v) is 4.05. The van der Waals surface area contributed by atoms with Gasteiger partial charge in [0.05, 0.1) is 11.3 Å². The molecule has 0 spiro atoms. The SMILES string of the molecule is CN1CCC(Nc2ccccc2C#N)C1. The lowest BCUT2D eigenvalue weighted by atomic mass is 10.1. The molecule has 0 aromatic heterocycles. The Bertz CT molecular complexity index is 381. The molecule has 0 bridgehead atoms. The average molecular weight is 201 g/mol. The molecule has 78 valence electrons. The van der Waals surface area contributed by atoms with Gasteiger partial charge in [0.15, 0.2) is 0 Å². The van der Waals surface area contributed by atoms with Crippen LogP contribution >= 0.6 is 0 Å². The molecule has 1 aliphatic heterocycles. The van der Waals surface area contributed by atoms with Crippen molar-refractivity contribution in [3.8, 4) is 6.07 Å². The number of benzene rings is 1. The molecule has 2 rings (SSSR count). The van der Waals surface area contributed by atoms with Gasteiger partial charge >= 0.3 is 0 Å². The predicted molar refractivity (Wildman–Crippen MR) is 60.7 cm³/mol. The van der Waals surface area contributed by atoms with Crippen LogP contribution in [-0.4, -0.2) is 31.1 Å². The second-order valence-electron chi connectivity index (χ2n) is 4.05. The summed E-state index contributed by atoms with van der Waals surface area (Å²) in [6.07, 6.45) is 1.15. The number of likely N-dealkylation sites (tertiary alicyclic amines) is 1. The zero-order valence-corrected chi connectivity index (χ0v) is 8.90. The summed E-state index contributed by atoms with van der Waals surface area (Å²) in [5.41, 5.74) is 1.69. The van der Waals surface area contributed by atoms with Crippen LogP contribution in [0.15, 0.2) is 24.3 Å². The zero-order valence-electron chi connectivity index (χ0n) is 8.90. The molecule has 1 unspecified atom stereocenters. The third-order valence-corrected chi connectivity index (χ3v) is 2.80. The quantitative estimate of drug-likeness (QED) is 0.791. The number of likely N-dealkylation sites (N-methyl/N-ethyl adjacent to an activating group) is 1. The fourth-order valence-corrected chi connectivity index (χ4v) is 1.98. The maximum Gasteiger partial charge on any atom is 0.101 e. The van der Waals surface area contributed by atoms with E-state index < -0.39 is 0 Å². The minimum atomic E-state index is 0.476. The molecule has 1 aliphatic rings. The van der Waals surface area contributed by atoms with Crippen molar-refractivity contribution in [3.63, 3.8) is 0 Å². The number of anilines is 1. The Morgan fingerprint density at radius 2 is 2.27 bits per heavy atom. The average Bonchev–Trinajstić information content (AvgIpc) is 2.65. The van der Waals surface area contributed by atoms with Crippen LogP contribution in [-0.2, 0) is 0 Å². The maximum atomic E-state index is 8.94. The molecule has 1 fully saturated rings. The molecule has 0 saturated carbocycles. The molecular formula is C12H15N3. The molecule has 3 heteroatoms.